The summed E-state index contributed by atoms with van der Waals surface area (Å²) in [5.74, 6) is -1.69. The minimum absolute atomic E-state index is 0.114. The third-order valence-corrected chi connectivity index (χ3v) is 4.06. The van der Waals surface area contributed by atoms with Crippen LogP contribution < -0.4 is 0 Å². The number of carboxylic acid groups (broad SMARTS) is 1. The molecule has 1 heterocycles. The molecule has 8 heteroatoms. The molecule has 0 unspecified atom stereocenters. The van der Waals surface area contributed by atoms with Crippen molar-refractivity contribution in [3.8, 4) is 0 Å². The molecule has 1 rings (SSSR count). The van der Waals surface area contributed by atoms with E-state index in [1.807, 2.05) is 4.90 Å². The lowest BCUT2D eigenvalue weighted by Gasteiger charge is -2.25. The van der Waals surface area contributed by atoms with E-state index in [4.69, 9.17) is 9.84 Å². The first-order chi connectivity index (χ1) is 8.39. The summed E-state index contributed by atoms with van der Waals surface area (Å²) in [6.07, 6.45) is 1.54. The first kappa shape index (κ1) is 14.7. The Morgan fingerprint density at radius 3 is 2.39 bits per heavy atom. The Morgan fingerprint density at radius 1 is 1.22 bits per heavy atom. The van der Waals surface area contributed by atoms with Crippen molar-refractivity contribution in [1.29, 1.82) is 0 Å². The van der Waals surface area contributed by atoms with Crippen LogP contribution >= 0.6 is 0 Å². The predicted molar refractivity (Wildman–Crippen MR) is 62.8 cm³/mol. The van der Waals surface area contributed by atoms with Crippen molar-refractivity contribution in [2.24, 2.45) is 0 Å². The molecule has 0 aromatic carbocycles. The molecule has 0 saturated carbocycles. The van der Waals surface area contributed by atoms with E-state index in [1.165, 1.54) is 0 Å². The van der Waals surface area contributed by atoms with Gasteiger partial charge in [-0.25, -0.2) is 18.0 Å². The van der Waals surface area contributed by atoms with E-state index in [1.54, 1.807) is 0 Å². The average Bonchev–Trinajstić information content (AvgIpc) is 2.29. The van der Waals surface area contributed by atoms with Crippen LogP contribution in [-0.2, 0) is 24.2 Å². The van der Waals surface area contributed by atoms with Gasteiger partial charge in [0.25, 0.3) is 0 Å². The van der Waals surface area contributed by atoms with Crippen molar-refractivity contribution < 1.29 is 27.9 Å². The summed E-state index contributed by atoms with van der Waals surface area (Å²) in [4.78, 5) is 23.0. The summed E-state index contributed by atoms with van der Waals surface area (Å²) in [5.41, 5.74) is 0. The van der Waals surface area contributed by atoms with Gasteiger partial charge in [0.05, 0.1) is 11.5 Å². The Morgan fingerprint density at radius 2 is 1.83 bits per heavy atom. The zero-order valence-corrected chi connectivity index (χ0v) is 10.6. The highest BCUT2D eigenvalue weighted by Crippen LogP contribution is 2.02. The number of rotatable bonds is 5. The van der Waals surface area contributed by atoms with Crippen molar-refractivity contribution in [2.45, 2.75) is 0 Å². The highest BCUT2D eigenvalue weighted by Gasteiger charge is 2.21. The fourth-order valence-corrected chi connectivity index (χ4v) is 2.71. The Kier molecular flexibility index (Phi) is 5.29. The number of hydrogen-bond donors (Lipinski definition) is 1. The van der Waals surface area contributed by atoms with Crippen LogP contribution in [0.3, 0.4) is 0 Å². The van der Waals surface area contributed by atoms with Crippen LogP contribution in [0.1, 0.15) is 0 Å². The summed E-state index contributed by atoms with van der Waals surface area (Å²) in [7, 11) is -2.90. The maximum Gasteiger partial charge on any atom is 0.331 e. The number of nitrogens with zero attached hydrogens (tertiary/aromatic N) is 1. The van der Waals surface area contributed by atoms with Gasteiger partial charge in [-0.05, 0) is 0 Å². The Bertz CT molecular complexity index is 427. The van der Waals surface area contributed by atoms with Gasteiger partial charge in [-0.1, -0.05) is 0 Å². The van der Waals surface area contributed by atoms with Gasteiger partial charge >= 0.3 is 11.9 Å². The van der Waals surface area contributed by atoms with E-state index < -0.39 is 21.8 Å². The van der Waals surface area contributed by atoms with Crippen molar-refractivity contribution in [3.63, 3.8) is 0 Å². The molecule has 1 aliphatic heterocycles. The van der Waals surface area contributed by atoms with Crippen LogP contribution in [0.25, 0.3) is 0 Å². The number of ether oxygens (including phenoxy) is 1. The van der Waals surface area contributed by atoms with Crippen LogP contribution in [-0.4, -0.2) is 68.1 Å². The molecule has 0 atom stereocenters. The smallest absolute Gasteiger partial charge is 0.331 e. The Hall–Kier alpha value is -1.41. The zero-order valence-electron chi connectivity index (χ0n) is 9.74. The molecule has 0 aromatic heterocycles. The van der Waals surface area contributed by atoms with E-state index in [0.29, 0.717) is 25.7 Å². The van der Waals surface area contributed by atoms with Gasteiger partial charge in [0, 0.05) is 31.8 Å². The Labute approximate surface area is 105 Å². The number of carbonyl (C=O) groups excluding carboxylic acids is 1. The second-order valence-corrected chi connectivity index (χ2v) is 6.14. The summed E-state index contributed by atoms with van der Waals surface area (Å²) in [6, 6.07) is 0. The minimum Gasteiger partial charge on any atom is -0.478 e. The molecule has 1 N–H and O–H groups in total. The lowest BCUT2D eigenvalue weighted by atomic mass is 10.4. The first-order valence-electron chi connectivity index (χ1n) is 5.39. The van der Waals surface area contributed by atoms with Crippen molar-refractivity contribution in [1.82, 2.24) is 4.90 Å². The summed E-state index contributed by atoms with van der Waals surface area (Å²) >= 11 is 0. The molecule has 102 valence electrons. The van der Waals surface area contributed by atoms with E-state index in [2.05, 4.69) is 0 Å². The van der Waals surface area contributed by atoms with Gasteiger partial charge in [0.2, 0.25) is 0 Å². The van der Waals surface area contributed by atoms with Crippen molar-refractivity contribution in [2.75, 3.05) is 37.7 Å². The standard InChI is InChI=1S/C10H15NO6S/c12-9(13)1-2-10(14)17-6-3-11-4-7-18(15,16)8-5-11/h1-2H,3-8H2,(H,12,13). The largest absolute Gasteiger partial charge is 0.478 e. The molecule has 1 fully saturated rings. The van der Waals surface area contributed by atoms with Crippen molar-refractivity contribution in [3.05, 3.63) is 12.2 Å². The molecule has 0 bridgehead atoms. The SMILES string of the molecule is O=C(O)C=CC(=O)OCCN1CCS(=O)(=O)CC1. The molecular formula is C10H15NO6S. The summed E-state index contributed by atoms with van der Waals surface area (Å²) in [5, 5.41) is 8.28. The topological polar surface area (TPSA) is 101 Å². The fourth-order valence-electron chi connectivity index (χ4n) is 1.44. The number of aliphatic carboxylic acids is 1. The predicted octanol–water partition coefficient (Wildman–Crippen LogP) is -1.10. The molecule has 7 nitrogen and oxygen atoms in total. The Balaban J connectivity index is 2.19. The first-order valence-corrected chi connectivity index (χ1v) is 7.22. The molecular weight excluding hydrogens is 262 g/mol. The molecule has 18 heavy (non-hydrogen) atoms. The number of hydrogen-bond acceptors (Lipinski definition) is 6. The van der Waals surface area contributed by atoms with Crippen molar-refractivity contribution >= 4 is 21.8 Å². The number of carboxylic acids is 1. The van der Waals surface area contributed by atoms with Gasteiger partial charge < -0.3 is 9.84 Å². The van der Waals surface area contributed by atoms with E-state index >= 15 is 0 Å². The molecule has 0 aliphatic carbocycles. The third kappa shape index (κ3) is 5.78. The van der Waals surface area contributed by atoms with E-state index in [0.717, 1.165) is 6.08 Å². The highest BCUT2D eigenvalue weighted by molar-refractivity contribution is 7.91. The lowest BCUT2D eigenvalue weighted by molar-refractivity contribution is -0.139. The van der Waals surface area contributed by atoms with Crippen LogP contribution in [0.4, 0.5) is 0 Å². The average molecular weight is 277 g/mol. The maximum absolute atomic E-state index is 11.2. The molecule has 1 aliphatic rings. The van der Waals surface area contributed by atoms with Crippen LogP contribution in [0.2, 0.25) is 0 Å². The highest BCUT2D eigenvalue weighted by atomic mass is 32.2. The quantitative estimate of drug-likeness (QED) is 0.503. The maximum atomic E-state index is 11.2. The van der Waals surface area contributed by atoms with Crippen LogP contribution in [0.5, 0.6) is 0 Å². The number of esters is 1. The molecule has 1 saturated heterocycles. The van der Waals surface area contributed by atoms with Gasteiger partial charge in [0.1, 0.15) is 6.61 Å². The third-order valence-electron chi connectivity index (χ3n) is 2.45. The normalized spacial score (nSPS) is 19.8. The van der Waals surface area contributed by atoms with Crippen LogP contribution in [0, 0.1) is 0 Å². The number of carbonyl (C=O) groups is 2. The number of sulfone groups is 1. The fraction of sp³-hybridized carbons (Fsp3) is 0.600. The second-order valence-electron chi connectivity index (χ2n) is 3.83. The zero-order chi connectivity index (χ0) is 13.6. The monoisotopic (exact) mass is 277 g/mol. The van der Waals surface area contributed by atoms with Gasteiger partial charge in [0.15, 0.2) is 9.84 Å². The minimum atomic E-state index is -2.90. The summed E-state index contributed by atoms with van der Waals surface area (Å²) in [6.45, 7) is 1.43. The second kappa shape index (κ2) is 6.50. The van der Waals surface area contributed by atoms with Gasteiger partial charge in [-0.15, -0.1) is 0 Å². The summed E-state index contributed by atoms with van der Waals surface area (Å²) < 4.78 is 27.1. The van der Waals surface area contributed by atoms with E-state index in [9.17, 15) is 18.0 Å². The molecule has 0 radical (unpaired) electrons. The van der Waals surface area contributed by atoms with Gasteiger partial charge in [-0.3, -0.25) is 4.90 Å². The van der Waals surface area contributed by atoms with Crippen LogP contribution in [0.15, 0.2) is 12.2 Å². The lowest BCUT2D eigenvalue weighted by Crippen LogP contribution is -2.41. The van der Waals surface area contributed by atoms with E-state index in [-0.39, 0.29) is 18.1 Å². The molecule has 0 aromatic rings. The molecule has 0 spiro atoms. The van der Waals surface area contributed by atoms with Gasteiger partial charge in [-0.2, -0.15) is 0 Å². The molecule has 0 amide bonds.